The number of aromatic nitrogens is 2. The molecule has 1 aromatic rings. The monoisotopic (exact) mass is 338 g/mol. The van der Waals surface area contributed by atoms with E-state index in [1.807, 2.05) is 0 Å². The van der Waals surface area contributed by atoms with E-state index in [9.17, 15) is 4.79 Å². The first-order valence-corrected chi connectivity index (χ1v) is 7.32. The van der Waals surface area contributed by atoms with Crippen LogP contribution in [0.25, 0.3) is 0 Å². The Balaban J connectivity index is 2.61. The minimum absolute atomic E-state index is 0.256. The van der Waals surface area contributed by atoms with Crippen molar-refractivity contribution in [3.05, 3.63) is 23.2 Å². The van der Waals surface area contributed by atoms with E-state index in [1.54, 1.807) is 13.8 Å². The summed E-state index contributed by atoms with van der Waals surface area (Å²) in [5.74, 6) is 0.104. The summed E-state index contributed by atoms with van der Waals surface area (Å²) in [6, 6.07) is -0.645. The molecule has 8 nitrogen and oxygen atoms in total. The minimum atomic E-state index is -0.645. The minimum Gasteiger partial charge on any atom is -0.481 e. The van der Waals surface area contributed by atoms with E-state index in [0.29, 0.717) is 21.9 Å². The second kappa shape index (κ2) is 7.23. The van der Waals surface area contributed by atoms with Gasteiger partial charge in [0, 0.05) is 5.70 Å². The quantitative estimate of drug-likeness (QED) is 0.598. The van der Waals surface area contributed by atoms with Crippen LogP contribution in [0.5, 0.6) is 11.8 Å². The average molecular weight is 338 g/mol. The Hall–Kier alpha value is -2.42. The summed E-state index contributed by atoms with van der Waals surface area (Å²) in [5.41, 5.74) is 1.43. The van der Waals surface area contributed by atoms with E-state index in [2.05, 4.69) is 20.6 Å². The average Bonchev–Trinajstić information content (AvgIpc) is 2.53. The van der Waals surface area contributed by atoms with E-state index in [1.165, 1.54) is 20.5 Å². The molecule has 0 fully saturated rings. The van der Waals surface area contributed by atoms with Crippen molar-refractivity contribution in [2.24, 2.45) is 0 Å². The number of methoxy groups -OCH3 is 2. The van der Waals surface area contributed by atoms with Gasteiger partial charge in [-0.15, -0.1) is 0 Å². The third kappa shape index (κ3) is 3.34. The first kappa shape index (κ1) is 16.9. The molecule has 2 N–H and O–H groups in total. The predicted octanol–water partition coefficient (Wildman–Crippen LogP) is 0.850. The number of carbonyl (C=O) groups excluding carboxylic acids is 1. The molecule has 0 radical (unpaired) electrons. The molecule has 1 atom stereocenters. The molecular weight excluding hydrogens is 320 g/mol. The Kier molecular flexibility index (Phi) is 5.32. The van der Waals surface area contributed by atoms with Crippen LogP contribution >= 0.6 is 12.2 Å². The number of nitrogens with zero attached hydrogens (tertiary/aromatic N) is 2. The number of allylic oxidation sites excluding steroid dienone is 1. The lowest BCUT2D eigenvalue weighted by molar-refractivity contribution is -0.139. The van der Waals surface area contributed by atoms with Gasteiger partial charge in [-0.05, 0) is 26.1 Å². The van der Waals surface area contributed by atoms with Gasteiger partial charge in [0.05, 0.1) is 32.4 Å². The highest BCUT2D eigenvalue weighted by Crippen LogP contribution is 2.37. The topological polar surface area (TPSA) is 94.6 Å². The maximum absolute atomic E-state index is 12.4. The molecule has 0 saturated carbocycles. The number of carbonyl (C=O) groups is 1. The van der Waals surface area contributed by atoms with Gasteiger partial charge in [-0.2, -0.15) is 0 Å². The first-order valence-electron chi connectivity index (χ1n) is 6.91. The highest BCUT2D eigenvalue weighted by molar-refractivity contribution is 7.80. The van der Waals surface area contributed by atoms with E-state index < -0.39 is 12.0 Å². The lowest BCUT2D eigenvalue weighted by Gasteiger charge is -2.30. The highest BCUT2D eigenvalue weighted by atomic mass is 32.1. The van der Waals surface area contributed by atoms with E-state index in [-0.39, 0.29) is 18.4 Å². The van der Waals surface area contributed by atoms with Crippen LogP contribution in [0, 0.1) is 0 Å². The maximum atomic E-state index is 12.4. The lowest BCUT2D eigenvalue weighted by atomic mass is 9.97. The Morgan fingerprint density at radius 2 is 1.91 bits per heavy atom. The molecule has 1 aromatic heterocycles. The number of ether oxygens (including phenoxy) is 3. The molecule has 2 heterocycles. The zero-order chi connectivity index (χ0) is 17.0. The Bertz CT molecular complexity index is 640. The Morgan fingerprint density at radius 3 is 2.43 bits per heavy atom. The second-order valence-corrected chi connectivity index (χ2v) is 5.00. The molecule has 124 valence electrons. The lowest BCUT2D eigenvalue weighted by Crippen LogP contribution is -2.45. The number of hydrogen-bond donors (Lipinski definition) is 2. The summed E-state index contributed by atoms with van der Waals surface area (Å²) in [4.78, 5) is 20.5. The molecule has 0 aliphatic carbocycles. The van der Waals surface area contributed by atoms with Gasteiger partial charge in [-0.1, -0.05) is 0 Å². The Labute approximate surface area is 139 Å². The van der Waals surface area contributed by atoms with Crippen molar-refractivity contribution >= 4 is 23.3 Å². The molecular formula is C14H18N4O4S. The van der Waals surface area contributed by atoms with Gasteiger partial charge < -0.3 is 24.8 Å². The first-order chi connectivity index (χ1) is 11.0. The van der Waals surface area contributed by atoms with Crippen molar-refractivity contribution in [1.82, 2.24) is 20.6 Å². The summed E-state index contributed by atoms with van der Waals surface area (Å²) in [6.45, 7) is 3.74. The molecule has 2 rings (SSSR count). The van der Waals surface area contributed by atoms with Crippen molar-refractivity contribution in [3.63, 3.8) is 0 Å². The van der Waals surface area contributed by atoms with Crippen LogP contribution in [0.1, 0.15) is 25.5 Å². The molecule has 0 amide bonds. The summed E-state index contributed by atoms with van der Waals surface area (Å²) < 4.78 is 15.7. The van der Waals surface area contributed by atoms with Gasteiger partial charge >= 0.3 is 5.97 Å². The SMILES string of the molecule is CCOC(=O)C1=C(C)NC(=S)N[C@@H]1c1c(OC)ncnc1OC. The summed E-state index contributed by atoms with van der Waals surface area (Å²) in [7, 11) is 2.95. The van der Waals surface area contributed by atoms with Gasteiger partial charge in [-0.3, -0.25) is 0 Å². The zero-order valence-corrected chi connectivity index (χ0v) is 14.1. The Morgan fingerprint density at radius 1 is 1.30 bits per heavy atom. The van der Waals surface area contributed by atoms with Gasteiger partial charge in [0.25, 0.3) is 0 Å². The van der Waals surface area contributed by atoms with Crippen LogP contribution in [0.3, 0.4) is 0 Å². The van der Waals surface area contributed by atoms with Crippen molar-refractivity contribution < 1.29 is 19.0 Å². The maximum Gasteiger partial charge on any atom is 0.338 e. The van der Waals surface area contributed by atoms with Crippen LogP contribution in [0.4, 0.5) is 0 Å². The molecule has 0 spiro atoms. The smallest absolute Gasteiger partial charge is 0.338 e. The van der Waals surface area contributed by atoms with Crippen molar-refractivity contribution in [2.75, 3.05) is 20.8 Å². The number of rotatable bonds is 5. The predicted molar refractivity (Wildman–Crippen MR) is 86.1 cm³/mol. The molecule has 0 saturated heterocycles. The summed E-state index contributed by atoms with van der Waals surface area (Å²) >= 11 is 5.19. The van der Waals surface area contributed by atoms with E-state index in [0.717, 1.165) is 0 Å². The highest BCUT2D eigenvalue weighted by Gasteiger charge is 2.35. The normalized spacial score (nSPS) is 17.2. The van der Waals surface area contributed by atoms with Crippen LogP contribution in [-0.2, 0) is 9.53 Å². The van der Waals surface area contributed by atoms with E-state index >= 15 is 0 Å². The third-order valence-electron chi connectivity index (χ3n) is 3.25. The van der Waals surface area contributed by atoms with Gasteiger partial charge in [0.2, 0.25) is 11.8 Å². The molecule has 23 heavy (non-hydrogen) atoms. The number of nitrogens with one attached hydrogen (secondary N) is 2. The van der Waals surface area contributed by atoms with Crippen molar-refractivity contribution in [3.8, 4) is 11.8 Å². The van der Waals surface area contributed by atoms with Crippen LogP contribution in [0.15, 0.2) is 17.6 Å². The van der Waals surface area contributed by atoms with Gasteiger partial charge in [-0.25, -0.2) is 14.8 Å². The standard InChI is InChI=1S/C14H18N4O4S/c1-5-22-13(19)8-7(2)17-14(23)18-10(8)9-11(20-3)15-6-16-12(9)21-4/h6,10H,5H2,1-4H3,(H2,17,18,23)/t10-/m0/s1. The third-order valence-corrected chi connectivity index (χ3v) is 3.47. The van der Waals surface area contributed by atoms with Crippen LogP contribution < -0.4 is 20.1 Å². The molecule has 0 bridgehead atoms. The summed E-state index contributed by atoms with van der Waals surface area (Å²) in [6.07, 6.45) is 1.32. The number of hydrogen-bond acceptors (Lipinski definition) is 7. The van der Waals surface area contributed by atoms with Gasteiger partial charge in [0.1, 0.15) is 11.9 Å². The van der Waals surface area contributed by atoms with Crippen LogP contribution in [-0.4, -0.2) is 41.9 Å². The largest absolute Gasteiger partial charge is 0.481 e. The van der Waals surface area contributed by atoms with Crippen LogP contribution in [0.2, 0.25) is 0 Å². The zero-order valence-electron chi connectivity index (χ0n) is 13.3. The number of esters is 1. The van der Waals surface area contributed by atoms with Gasteiger partial charge in [0.15, 0.2) is 5.11 Å². The van der Waals surface area contributed by atoms with E-state index in [4.69, 9.17) is 26.4 Å². The van der Waals surface area contributed by atoms with Crippen molar-refractivity contribution in [2.45, 2.75) is 19.9 Å². The fourth-order valence-electron chi connectivity index (χ4n) is 2.33. The molecule has 0 unspecified atom stereocenters. The molecule has 1 aliphatic heterocycles. The number of thiocarbonyl (C=S) groups is 1. The molecule has 0 aromatic carbocycles. The van der Waals surface area contributed by atoms with Crippen molar-refractivity contribution in [1.29, 1.82) is 0 Å². The molecule has 1 aliphatic rings. The fourth-order valence-corrected chi connectivity index (χ4v) is 2.60. The fraction of sp³-hybridized carbons (Fsp3) is 0.429. The summed E-state index contributed by atoms with van der Waals surface area (Å²) in [5, 5.41) is 6.31. The molecule has 9 heteroatoms. The second-order valence-electron chi connectivity index (χ2n) is 4.60.